The summed E-state index contributed by atoms with van der Waals surface area (Å²) in [6, 6.07) is 10.3. The first-order valence-corrected chi connectivity index (χ1v) is 5.81. The Balaban J connectivity index is 2.17. The van der Waals surface area contributed by atoms with Crippen molar-refractivity contribution in [3.8, 4) is 0 Å². The lowest BCUT2D eigenvalue weighted by Crippen LogP contribution is -2.21. The molecule has 0 fully saturated rings. The lowest BCUT2D eigenvalue weighted by Gasteiger charge is -2.07. The second-order valence-electron chi connectivity index (χ2n) is 3.57. The zero-order valence-electron chi connectivity index (χ0n) is 8.57. The number of rotatable bonds is 3. The number of nitrogens with one attached hydrogen (secondary N) is 1. The molecule has 0 bridgehead atoms. The van der Waals surface area contributed by atoms with Crippen LogP contribution >= 0.6 is 11.8 Å². The fraction of sp³-hybridized carbons (Fsp3) is 0.250. The highest BCUT2D eigenvalue weighted by Crippen LogP contribution is 2.42. The second-order valence-corrected chi connectivity index (χ2v) is 4.78. The summed E-state index contributed by atoms with van der Waals surface area (Å²) in [4.78, 5) is 11.7. The third-order valence-corrected chi connectivity index (χ3v) is 3.84. The van der Waals surface area contributed by atoms with Crippen LogP contribution in [0.3, 0.4) is 0 Å². The summed E-state index contributed by atoms with van der Waals surface area (Å²) in [6.07, 6.45) is 1.71. The van der Waals surface area contributed by atoms with Crippen molar-refractivity contribution >= 4 is 23.1 Å². The average molecular weight is 219 g/mol. The van der Waals surface area contributed by atoms with E-state index in [1.165, 1.54) is 16.0 Å². The highest BCUT2D eigenvalue weighted by atomic mass is 32.2. The van der Waals surface area contributed by atoms with Crippen molar-refractivity contribution in [3.63, 3.8) is 0 Å². The largest absolute Gasteiger partial charge is 0.346 e. The smallest absolute Gasteiger partial charge is 0.208 e. The molecule has 1 heterocycles. The summed E-state index contributed by atoms with van der Waals surface area (Å²) in [6.45, 7) is 2.13. The van der Waals surface area contributed by atoms with Gasteiger partial charge in [0, 0.05) is 4.91 Å². The summed E-state index contributed by atoms with van der Waals surface area (Å²) in [7, 11) is 0. The van der Waals surface area contributed by atoms with Gasteiger partial charge in [-0.05, 0) is 18.9 Å². The zero-order valence-corrected chi connectivity index (χ0v) is 9.38. The Morgan fingerprint density at radius 2 is 2.13 bits per heavy atom. The lowest BCUT2D eigenvalue weighted by molar-refractivity contribution is -0.109. The van der Waals surface area contributed by atoms with Gasteiger partial charge in [-0.25, -0.2) is 0 Å². The molecule has 0 saturated heterocycles. The first kappa shape index (κ1) is 10.3. The van der Waals surface area contributed by atoms with Crippen LogP contribution in [0.1, 0.15) is 18.9 Å². The van der Waals surface area contributed by atoms with Gasteiger partial charge in [0.1, 0.15) is 0 Å². The number of hydrogen-bond donors (Lipinski definition) is 1. The van der Waals surface area contributed by atoms with Crippen LogP contribution in [-0.4, -0.2) is 11.8 Å². The van der Waals surface area contributed by atoms with E-state index in [4.69, 9.17) is 0 Å². The van der Waals surface area contributed by atoms with Gasteiger partial charge < -0.3 is 5.32 Å². The van der Waals surface area contributed by atoms with Crippen molar-refractivity contribution in [1.82, 2.24) is 5.32 Å². The van der Waals surface area contributed by atoms with Crippen LogP contribution in [0.5, 0.6) is 0 Å². The summed E-state index contributed by atoms with van der Waals surface area (Å²) in [5.41, 5.74) is 2.60. The van der Waals surface area contributed by atoms with E-state index in [2.05, 4.69) is 24.4 Å². The van der Waals surface area contributed by atoms with Gasteiger partial charge in [0.2, 0.25) is 6.41 Å². The standard InChI is InChI=1S/C12H13NOS/c1-9-7-11(13-8-14)15-12(9)10-5-3-2-4-6-10/h2-6,8,11H,7H2,1H3,(H,13,14). The van der Waals surface area contributed by atoms with E-state index in [1.54, 1.807) is 11.8 Å². The van der Waals surface area contributed by atoms with Gasteiger partial charge >= 0.3 is 0 Å². The van der Waals surface area contributed by atoms with Crippen molar-refractivity contribution in [2.45, 2.75) is 18.7 Å². The molecule has 1 aliphatic rings. The van der Waals surface area contributed by atoms with Gasteiger partial charge in [-0.2, -0.15) is 0 Å². The molecule has 1 N–H and O–H groups in total. The van der Waals surface area contributed by atoms with E-state index < -0.39 is 0 Å². The maximum atomic E-state index is 10.4. The van der Waals surface area contributed by atoms with Crippen LogP contribution in [-0.2, 0) is 4.79 Å². The quantitative estimate of drug-likeness (QED) is 0.792. The molecule has 0 aliphatic carbocycles. The van der Waals surface area contributed by atoms with E-state index in [9.17, 15) is 4.79 Å². The molecule has 3 heteroatoms. The number of benzene rings is 1. The molecule has 0 saturated carbocycles. The summed E-state index contributed by atoms with van der Waals surface area (Å²) >= 11 is 1.73. The van der Waals surface area contributed by atoms with Crippen LogP contribution in [0.2, 0.25) is 0 Å². The minimum Gasteiger partial charge on any atom is -0.346 e. The monoisotopic (exact) mass is 219 g/mol. The van der Waals surface area contributed by atoms with E-state index in [0.29, 0.717) is 0 Å². The topological polar surface area (TPSA) is 29.1 Å². The Bertz CT molecular complexity index is 386. The van der Waals surface area contributed by atoms with Crippen LogP contribution in [0.15, 0.2) is 35.9 Å². The van der Waals surface area contributed by atoms with Gasteiger partial charge in [0.15, 0.2) is 0 Å². The molecule has 0 radical (unpaired) electrons. The van der Waals surface area contributed by atoms with Crippen LogP contribution in [0.25, 0.3) is 4.91 Å². The summed E-state index contributed by atoms with van der Waals surface area (Å²) in [5, 5.41) is 3.02. The van der Waals surface area contributed by atoms with E-state index >= 15 is 0 Å². The molecular weight excluding hydrogens is 206 g/mol. The van der Waals surface area contributed by atoms with Gasteiger partial charge in [0.05, 0.1) is 5.37 Å². The third-order valence-electron chi connectivity index (χ3n) is 2.43. The predicted molar refractivity (Wildman–Crippen MR) is 64.2 cm³/mol. The Morgan fingerprint density at radius 1 is 1.40 bits per heavy atom. The van der Waals surface area contributed by atoms with Crippen LogP contribution in [0, 0.1) is 0 Å². The summed E-state index contributed by atoms with van der Waals surface area (Å²) < 4.78 is 0. The van der Waals surface area contributed by atoms with E-state index in [1.807, 2.05) is 18.2 Å². The minimum absolute atomic E-state index is 0.206. The number of carbonyl (C=O) groups is 1. The molecule has 1 aromatic rings. The highest BCUT2D eigenvalue weighted by molar-refractivity contribution is 8.09. The second kappa shape index (κ2) is 4.53. The molecule has 2 nitrogen and oxygen atoms in total. The Morgan fingerprint density at radius 3 is 2.80 bits per heavy atom. The number of amides is 1. The fourth-order valence-electron chi connectivity index (χ4n) is 1.73. The molecule has 0 spiro atoms. The molecule has 15 heavy (non-hydrogen) atoms. The first-order valence-electron chi connectivity index (χ1n) is 4.93. The van der Waals surface area contributed by atoms with Crippen LogP contribution < -0.4 is 5.32 Å². The Hall–Kier alpha value is -1.22. The van der Waals surface area contributed by atoms with Crippen molar-refractivity contribution in [2.75, 3.05) is 0 Å². The van der Waals surface area contributed by atoms with Crippen LogP contribution in [0.4, 0.5) is 0 Å². The van der Waals surface area contributed by atoms with Gasteiger partial charge in [0.25, 0.3) is 0 Å². The number of hydrogen-bond acceptors (Lipinski definition) is 2. The van der Waals surface area contributed by atoms with Crippen molar-refractivity contribution in [2.24, 2.45) is 0 Å². The molecule has 2 rings (SSSR count). The number of carbonyl (C=O) groups excluding carboxylic acids is 1. The molecule has 1 atom stereocenters. The molecule has 78 valence electrons. The molecular formula is C12H13NOS. The van der Waals surface area contributed by atoms with Crippen molar-refractivity contribution in [1.29, 1.82) is 0 Å². The van der Waals surface area contributed by atoms with Crippen molar-refractivity contribution < 1.29 is 4.79 Å². The molecule has 1 unspecified atom stereocenters. The lowest BCUT2D eigenvalue weighted by atomic mass is 10.1. The van der Waals surface area contributed by atoms with Crippen molar-refractivity contribution in [3.05, 3.63) is 41.5 Å². The molecule has 0 aromatic heterocycles. The van der Waals surface area contributed by atoms with Gasteiger partial charge in [-0.3, -0.25) is 4.79 Å². The van der Waals surface area contributed by atoms with Gasteiger partial charge in [-0.15, -0.1) is 11.8 Å². The van der Waals surface area contributed by atoms with Gasteiger partial charge in [-0.1, -0.05) is 35.9 Å². The number of thioether (sulfide) groups is 1. The first-order chi connectivity index (χ1) is 7.31. The Kier molecular flexibility index (Phi) is 3.11. The molecule has 1 aromatic carbocycles. The maximum absolute atomic E-state index is 10.4. The predicted octanol–water partition coefficient (Wildman–Crippen LogP) is 2.63. The van der Waals surface area contributed by atoms with E-state index in [0.717, 1.165) is 12.8 Å². The minimum atomic E-state index is 0.206. The fourth-order valence-corrected chi connectivity index (χ4v) is 3.03. The Labute approximate surface area is 93.8 Å². The molecule has 1 amide bonds. The maximum Gasteiger partial charge on any atom is 0.208 e. The average Bonchev–Trinajstić information content (AvgIpc) is 2.61. The normalized spacial score (nSPS) is 20.5. The summed E-state index contributed by atoms with van der Waals surface area (Å²) in [5.74, 6) is 0. The zero-order chi connectivity index (χ0) is 10.7. The SMILES string of the molecule is CC1=C(c2ccccc2)SC(NC=O)C1. The highest BCUT2D eigenvalue weighted by Gasteiger charge is 2.22. The van der Waals surface area contributed by atoms with E-state index in [-0.39, 0.29) is 5.37 Å². The molecule has 1 aliphatic heterocycles. The third kappa shape index (κ3) is 2.23.